The lowest BCUT2D eigenvalue weighted by molar-refractivity contribution is -0.122. The van der Waals surface area contributed by atoms with Crippen molar-refractivity contribution in [2.24, 2.45) is 11.8 Å². The molecule has 1 saturated heterocycles. The fraction of sp³-hybridized carbons (Fsp3) is 0.588. The molecular formula is C17H23NO3S. The number of rotatable bonds is 5. The maximum Gasteiger partial charge on any atom is 0.220 e. The van der Waals surface area contributed by atoms with Crippen LogP contribution in [0.4, 0.5) is 0 Å². The molecule has 0 unspecified atom stereocenters. The number of carbonyl (C=O) groups excluding carboxylic acids is 1. The quantitative estimate of drug-likeness (QED) is 0.901. The molecule has 3 rings (SSSR count). The number of hydrogen-bond acceptors (Lipinski definition) is 3. The third kappa shape index (κ3) is 3.51. The lowest BCUT2D eigenvalue weighted by atomic mass is 10.1. The number of amides is 1. The van der Waals surface area contributed by atoms with Crippen molar-refractivity contribution >= 4 is 15.7 Å². The van der Waals surface area contributed by atoms with Crippen LogP contribution in [0.1, 0.15) is 31.7 Å². The highest BCUT2D eigenvalue weighted by molar-refractivity contribution is 7.92. The normalized spacial score (nSPS) is 32.6. The van der Waals surface area contributed by atoms with Gasteiger partial charge >= 0.3 is 0 Å². The summed E-state index contributed by atoms with van der Waals surface area (Å²) in [5.41, 5.74) is 1.32. The Balaban J connectivity index is 1.44. The summed E-state index contributed by atoms with van der Waals surface area (Å²) in [6.07, 6.45) is 3.21. The molecule has 1 amide bonds. The Bertz CT molecular complexity index is 641. The van der Waals surface area contributed by atoms with Crippen LogP contribution >= 0.6 is 0 Å². The molecule has 0 aromatic heterocycles. The van der Waals surface area contributed by atoms with Gasteiger partial charge in [-0.2, -0.15) is 0 Å². The summed E-state index contributed by atoms with van der Waals surface area (Å²) >= 11 is 0. The summed E-state index contributed by atoms with van der Waals surface area (Å²) in [5, 5.41) is 2.47. The van der Waals surface area contributed by atoms with Crippen molar-refractivity contribution in [1.29, 1.82) is 0 Å². The second kappa shape index (κ2) is 6.03. The van der Waals surface area contributed by atoms with E-state index >= 15 is 0 Å². The van der Waals surface area contributed by atoms with Gasteiger partial charge in [-0.05, 0) is 43.6 Å². The first kappa shape index (κ1) is 15.5. The molecule has 1 aromatic carbocycles. The monoisotopic (exact) mass is 321 g/mol. The first-order valence-electron chi connectivity index (χ1n) is 8.00. The summed E-state index contributed by atoms with van der Waals surface area (Å²) in [7, 11) is -3.00. The number of nitrogens with one attached hydrogen (secondary N) is 1. The Kier molecular flexibility index (Phi) is 4.26. The summed E-state index contributed by atoms with van der Waals surface area (Å²) in [5.74, 6) is 1.25. The first-order chi connectivity index (χ1) is 10.5. The zero-order valence-corrected chi connectivity index (χ0v) is 13.7. The minimum Gasteiger partial charge on any atom is -0.352 e. The van der Waals surface area contributed by atoms with Crippen molar-refractivity contribution in [2.45, 2.75) is 43.9 Å². The first-order valence-corrected chi connectivity index (χ1v) is 9.72. The van der Waals surface area contributed by atoms with Crippen molar-refractivity contribution in [3.05, 3.63) is 35.9 Å². The van der Waals surface area contributed by atoms with Crippen LogP contribution in [0.2, 0.25) is 0 Å². The van der Waals surface area contributed by atoms with Crippen molar-refractivity contribution in [3.8, 4) is 0 Å². The third-order valence-electron chi connectivity index (χ3n) is 5.05. The van der Waals surface area contributed by atoms with E-state index in [1.165, 1.54) is 5.56 Å². The maximum absolute atomic E-state index is 12.1. The molecular weight excluding hydrogens is 298 g/mol. The minimum atomic E-state index is -3.00. The van der Waals surface area contributed by atoms with E-state index in [1.807, 2.05) is 18.2 Å². The van der Waals surface area contributed by atoms with Gasteiger partial charge in [-0.1, -0.05) is 30.3 Å². The van der Waals surface area contributed by atoms with Gasteiger partial charge in [0.1, 0.15) is 0 Å². The smallest absolute Gasteiger partial charge is 0.220 e. The second-order valence-electron chi connectivity index (χ2n) is 6.68. The van der Waals surface area contributed by atoms with Gasteiger partial charge in [-0.15, -0.1) is 0 Å². The molecule has 1 saturated carbocycles. The molecule has 1 aliphatic carbocycles. The van der Waals surface area contributed by atoms with Crippen LogP contribution in [-0.4, -0.2) is 31.4 Å². The molecule has 120 valence electrons. The molecule has 0 spiro atoms. The van der Waals surface area contributed by atoms with Gasteiger partial charge in [0.2, 0.25) is 5.91 Å². The van der Waals surface area contributed by atoms with Gasteiger partial charge in [0, 0.05) is 12.5 Å². The van der Waals surface area contributed by atoms with E-state index in [2.05, 4.69) is 17.4 Å². The van der Waals surface area contributed by atoms with Gasteiger partial charge in [-0.25, -0.2) is 8.42 Å². The molecule has 2 aliphatic rings. The van der Waals surface area contributed by atoms with Crippen LogP contribution in [-0.2, 0) is 21.1 Å². The highest BCUT2D eigenvalue weighted by atomic mass is 32.2. The molecule has 1 aliphatic heterocycles. The fourth-order valence-corrected chi connectivity index (χ4v) is 5.04. The van der Waals surface area contributed by atoms with Gasteiger partial charge in [0.25, 0.3) is 0 Å². The Morgan fingerprint density at radius 3 is 2.59 bits per heavy atom. The number of benzene rings is 1. The molecule has 1 aromatic rings. The van der Waals surface area contributed by atoms with Crippen molar-refractivity contribution in [2.75, 3.05) is 5.75 Å². The predicted molar refractivity (Wildman–Crippen MR) is 86.2 cm³/mol. The van der Waals surface area contributed by atoms with Crippen LogP contribution in [0.15, 0.2) is 30.3 Å². The van der Waals surface area contributed by atoms with E-state index in [0.29, 0.717) is 24.7 Å². The molecule has 4 atom stereocenters. The molecule has 0 bridgehead atoms. The standard InChI is InChI=1S/C17H23NO3S/c1-12-16(7-8-22(12,20)21)18-17(19)11-15-10-14(15)9-13-5-3-2-4-6-13/h2-6,12,14-16H,7-11H2,1H3,(H,18,19)/t12-,14-,15+,16-/m1/s1. The van der Waals surface area contributed by atoms with Crippen molar-refractivity contribution < 1.29 is 13.2 Å². The maximum atomic E-state index is 12.1. The van der Waals surface area contributed by atoms with Gasteiger partial charge < -0.3 is 5.32 Å². The molecule has 1 N–H and O–H groups in total. The zero-order chi connectivity index (χ0) is 15.7. The van der Waals surface area contributed by atoms with Crippen LogP contribution in [0, 0.1) is 11.8 Å². The lowest BCUT2D eigenvalue weighted by Crippen LogP contribution is -2.40. The Labute approximate surface area is 132 Å². The minimum absolute atomic E-state index is 0.00881. The lowest BCUT2D eigenvalue weighted by Gasteiger charge is -2.16. The highest BCUT2D eigenvalue weighted by Crippen LogP contribution is 2.43. The van der Waals surface area contributed by atoms with Crippen LogP contribution in [0.5, 0.6) is 0 Å². The summed E-state index contributed by atoms with van der Waals surface area (Å²) in [6.45, 7) is 1.70. The van der Waals surface area contributed by atoms with E-state index < -0.39 is 15.1 Å². The fourth-order valence-electron chi connectivity index (χ4n) is 3.38. The van der Waals surface area contributed by atoms with Gasteiger partial charge in [0.05, 0.1) is 11.0 Å². The van der Waals surface area contributed by atoms with E-state index in [0.717, 1.165) is 12.8 Å². The topological polar surface area (TPSA) is 63.2 Å². The Hall–Kier alpha value is -1.36. The van der Waals surface area contributed by atoms with Gasteiger partial charge in [0.15, 0.2) is 9.84 Å². The van der Waals surface area contributed by atoms with E-state index in [9.17, 15) is 13.2 Å². The van der Waals surface area contributed by atoms with Crippen LogP contribution in [0.25, 0.3) is 0 Å². The molecule has 22 heavy (non-hydrogen) atoms. The number of sulfone groups is 1. The largest absolute Gasteiger partial charge is 0.352 e. The second-order valence-corrected chi connectivity index (χ2v) is 9.16. The molecule has 2 fully saturated rings. The number of carbonyl (C=O) groups is 1. The van der Waals surface area contributed by atoms with Crippen molar-refractivity contribution in [1.82, 2.24) is 5.32 Å². The highest BCUT2D eigenvalue weighted by Gasteiger charge is 2.41. The van der Waals surface area contributed by atoms with E-state index in [1.54, 1.807) is 6.92 Å². The van der Waals surface area contributed by atoms with E-state index in [-0.39, 0.29) is 17.7 Å². The summed E-state index contributed by atoms with van der Waals surface area (Å²) in [4.78, 5) is 12.1. The summed E-state index contributed by atoms with van der Waals surface area (Å²) in [6, 6.07) is 10.1. The Morgan fingerprint density at radius 2 is 1.95 bits per heavy atom. The van der Waals surface area contributed by atoms with Crippen molar-refractivity contribution in [3.63, 3.8) is 0 Å². The average molecular weight is 321 g/mol. The van der Waals surface area contributed by atoms with E-state index in [4.69, 9.17) is 0 Å². The molecule has 1 heterocycles. The molecule has 5 heteroatoms. The van der Waals surface area contributed by atoms with Gasteiger partial charge in [-0.3, -0.25) is 4.79 Å². The molecule has 0 radical (unpaired) electrons. The Morgan fingerprint density at radius 1 is 1.23 bits per heavy atom. The number of hydrogen-bond donors (Lipinski definition) is 1. The zero-order valence-electron chi connectivity index (χ0n) is 12.9. The van der Waals surface area contributed by atoms with Crippen LogP contribution in [0.3, 0.4) is 0 Å². The predicted octanol–water partition coefficient (Wildman–Crippen LogP) is 1.95. The third-order valence-corrected chi connectivity index (χ3v) is 7.32. The molecule has 4 nitrogen and oxygen atoms in total. The average Bonchev–Trinajstić information content (AvgIpc) is 3.14. The summed E-state index contributed by atoms with van der Waals surface area (Å²) < 4.78 is 23.4. The SMILES string of the molecule is C[C@@H]1[C@H](NC(=O)C[C@@H]2C[C@H]2Cc2ccccc2)CCS1(=O)=O. The van der Waals surface area contributed by atoms with Crippen LogP contribution < -0.4 is 5.32 Å².